The molecule has 6 nitrogen and oxygen atoms in total. The Kier molecular flexibility index (Phi) is 4.83. The van der Waals surface area contributed by atoms with Crippen LogP contribution in [0.1, 0.15) is 43.2 Å². The van der Waals surface area contributed by atoms with E-state index in [2.05, 4.69) is 59.5 Å². The molecule has 6 heteroatoms. The maximum Gasteiger partial charge on any atom is 0.216 e. The second kappa shape index (κ2) is 7.79. The van der Waals surface area contributed by atoms with Crippen LogP contribution < -0.4 is 19.6 Å². The van der Waals surface area contributed by atoms with E-state index in [0.717, 1.165) is 42.6 Å². The number of fused-ring (bicyclic) bond motifs is 4. The number of anilines is 3. The molecule has 174 valence electrons. The molecule has 0 aromatic heterocycles. The summed E-state index contributed by atoms with van der Waals surface area (Å²) in [6.07, 6.45) is 9.75. The number of hydrogen-bond donors (Lipinski definition) is 2. The van der Waals surface area contributed by atoms with Crippen LogP contribution in [0.2, 0.25) is 0 Å². The van der Waals surface area contributed by atoms with Crippen molar-refractivity contribution in [2.45, 2.75) is 43.2 Å². The van der Waals surface area contributed by atoms with Crippen LogP contribution >= 0.6 is 0 Å². The smallest absolute Gasteiger partial charge is 0.216 e. The first-order chi connectivity index (χ1) is 16.6. The summed E-state index contributed by atoms with van der Waals surface area (Å²) in [7, 11) is 1.57. The van der Waals surface area contributed by atoms with Crippen molar-refractivity contribution in [2.75, 3.05) is 17.2 Å². The maximum absolute atomic E-state index is 9.62. The number of para-hydroxylation sites is 2. The van der Waals surface area contributed by atoms with Gasteiger partial charge in [-0.3, -0.25) is 15.3 Å². The number of hydrogen-bond acceptors (Lipinski definition) is 6. The topological polar surface area (TPSA) is 65.4 Å². The lowest BCUT2D eigenvalue weighted by molar-refractivity contribution is 0.0197. The van der Waals surface area contributed by atoms with Crippen molar-refractivity contribution in [1.29, 1.82) is 0 Å². The molecule has 3 aromatic carbocycles. The van der Waals surface area contributed by atoms with Gasteiger partial charge in [-0.2, -0.15) is 0 Å². The van der Waals surface area contributed by atoms with Gasteiger partial charge in [-0.25, -0.2) is 0 Å². The molecule has 1 saturated carbocycles. The molecule has 1 fully saturated rings. The predicted octanol–water partition coefficient (Wildman–Crippen LogP) is 6.44. The van der Waals surface area contributed by atoms with Crippen LogP contribution in [0.15, 0.2) is 72.8 Å². The summed E-state index contributed by atoms with van der Waals surface area (Å²) in [6.45, 7) is 0. The molecule has 3 aliphatic rings. The zero-order valence-corrected chi connectivity index (χ0v) is 19.1. The van der Waals surface area contributed by atoms with Crippen LogP contribution in [-0.4, -0.2) is 23.2 Å². The summed E-state index contributed by atoms with van der Waals surface area (Å²) in [5, 5.41) is 19.3. The van der Waals surface area contributed by atoms with Crippen molar-refractivity contribution in [2.24, 2.45) is 0 Å². The van der Waals surface area contributed by atoms with Crippen LogP contribution in [-0.2, 0) is 5.41 Å². The molecule has 0 saturated heterocycles. The average molecular weight is 457 g/mol. The van der Waals surface area contributed by atoms with Gasteiger partial charge >= 0.3 is 0 Å². The summed E-state index contributed by atoms with van der Waals surface area (Å²) in [5.41, 5.74) is 3.49. The monoisotopic (exact) mass is 456 g/mol. The number of benzene rings is 3. The Balaban J connectivity index is 1.62. The van der Waals surface area contributed by atoms with Crippen LogP contribution in [0, 0.1) is 0 Å². The van der Waals surface area contributed by atoms with E-state index in [1.807, 2.05) is 12.1 Å². The first-order valence-corrected chi connectivity index (χ1v) is 11.8. The van der Waals surface area contributed by atoms with Gasteiger partial charge in [0, 0.05) is 23.0 Å². The second-order valence-corrected chi connectivity index (χ2v) is 9.32. The lowest BCUT2D eigenvalue weighted by Crippen LogP contribution is -2.60. The predicted molar refractivity (Wildman–Crippen MR) is 131 cm³/mol. The van der Waals surface area contributed by atoms with Crippen LogP contribution in [0.3, 0.4) is 0 Å². The molecule has 0 amide bonds. The average Bonchev–Trinajstić information content (AvgIpc) is 3.09. The molecule has 1 unspecified atom stereocenters. The Hall–Kier alpha value is -3.48. The Morgan fingerprint density at radius 2 is 1.68 bits per heavy atom. The van der Waals surface area contributed by atoms with Gasteiger partial charge in [0.05, 0.1) is 18.2 Å². The minimum atomic E-state index is -0.779. The van der Waals surface area contributed by atoms with Crippen molar-refractivity contribution in [1.82, 2.24) is 0 Å². The Bertz CT molecular complexity index is 1250. The van der Waals surface area contributed by atoms with Gasteiger partial charge in [0.25, 0.3) is 0 Å². The molecule has 0 radical (unpaired) electrons. The number of nitrogens with zero attached hydrogens (tertiary/aromatic N) is 2. The van der Waals surface area contributed by atoms with Crippen LogP contribution in [0.5, 0.6) is 11.5 Å². The molecular formula is C28H28N2O4. The standard InChI is InChI=1S/C28H28N2O4/c1-33-25-19-22(30(31)32)18-20-14-17-28(34-26(20)25)27(15-8-3-9-16-27)23-12-6-7-13-24(23)29(28)21-10-4-2-5-11-21/h2,4-7,10-14,17-19,31-32H,3,8-9,15-16H2,1H3. The van der Waals surface area contributed by atoms with Crippen molar-refractivity contribution >= 4 is 23.1 Å². The molecule has 0 bridgehead atoms. The number of methoxy groups -OCH3 is 1. The highest BCUT2D eigenvalue weighted by atomic mass is 16.8. The van der Waals surface area contributed by atoms with Gasteiger partial charge in [-0.15, -0.1) is 5.23 Å². The summed E-state index contributed by atoms with van der Waals surface area (Å²) < 4.78 is 12.8. The fraction of sp³-hybridized carbons (Fsp3) is 0.286. The zero-order chi connectivity index (χ0) is 23.3. The molecule has 1 aliphatic carbocycles. The first kappa shape index (κ1) is 21.1. The van der Waals surface area contributed by atoms with Gasteiger partial charge in [0.2, 0.25) is 5.72 Å². The Morgan fingerprint density at radius 1 is 0.941 bits per heavy atom. The van der Waals surface area contributed by atoms with Crippen LogP contribution in [0.25, 0.3) is 6.08 Å². The van der Waals surface area contributed by atoms with E-state index in [4.69, 9.17) is 9.47 Å². The molecule has 34 heavy (non-hydrogen) atoms. The van der Waals surface area contributed by atoms with E-state index in [-0.39, 0.29) is 16.3 Å². The van der Waals surface area contributed by atoms with E-state index >= 15 is 0 Å². The maximum atomic E-state index is 9.62. The van der Waals surface area contributed by atoms with E-state index in [9.17, 15) is 10.4 Å². The minimum Gasteiger partial charge on any atom is -0.493 e. The summed E-state index contributed by atoms with van der Waals surface area (Å²) in [6, 6.07) is 22.3. The quantitative estimate of drug-likeness (QED) is 0.443. The normalized spacial score (nSPS) is 21.8. The summed E-state index contributed by atoms with van der Waals surface area (Å²) in [5.74, 6) is 1.06. The number of rotatable bonds is 3. The van der Waals surface area contributed by atoms with Crippen molar-refractivity contribution in [3.05, 3.63) is 83.9 Å². The molecule has 2 aliphatic heterocycles. The number of ether oxygens (including phenoxy) is 2. The summed E-state index contributed by atoms with van der Waals surface area (Å²) >= 11 is 0. The second-order valence-electron chi connectivity index (χ2n) is 9.32. The van der Waals surface area contributed by atoms with Crippen LogP contribution in [0.4, 0.5) is 17.1 Å². The molecule has 3 aromatic rings. The zero-order valence-electron chi connectivity index (χ0n) is 19.1. The van der Waals surface area contributed by atoms with Gasteiger partial charge in [-0.05, 0) is 54.8 Å². The highest BCUT2D eigenvalue weighted by Crippen LogP contribution is 2.63. The molecular weight excluding hydrogens is 428 g/mol. The minimum absolute atomic E-state index is 0.103. The third-order valence-electron chi connectivity index (χ3n) is 7.67. The molecule has 2 N–H and O–H groups in total. The fourth-order valence-electron chi connectivity index (χ4n) is 6.23. The van der Waals surface area contributed by atoms with Gasteiger partial charge in [-0.1, -0.05) is 55.7 Å². The van der Waals surface area contributed by atoms with E-state index < -0.39 is 5.72 Å². The Labute approximate surface area is 199 Å². The van der Waals surface area contributed by atoms with Gasteiger partial charge in [0.15, 0.2) is 11.5 Å². The van der Waals surface area contributed by atoms with Crippen molar-refractivity contribution in [3.8, 4) is 11.5 Å². The van der Waals surface area contributed by atoms with Gasteiger partial charge < -0.3 is 9.47 Å². The third kappa shape index (κ3) is 2.82. The fourth-order valence-corrected chi connectivity index (χ4v) is 6.23. The highest BCUT2D eigenvalue weighted by molar-refractivity contribution is 5.81. The van der Waals surface area contributed by atoms with E-state index in [1.165, 1.54) is 12.0 Å². The molecule has 6 rings (SSSR count). The highest BCUT2D eigenvalue weighted by Gasteiger charge is 2.64. The first-order valence-electron chi connectivity index (χ1n) is 11.8. The third-order valence-corrected chi connectivity index (χ3v) is 7.67. The summed E-state index contributed by atoms with van der Waals surface area (Å²) in [4.78, 5) is 2.34. The Morgan fingerprint density at radius 3 is 2.41 bits per heavy atom. The van der Waals surface area contributed by atoms with Crippen molar-refractivity contribution in [3.63, 3.8) is 0 Å². The largest absolute Gasteiger partial charge is 0.493 e. The van der Waals surface area contributed by atoms with E-state index in [1.54, 1.807) is 19.2 Å². The van der Waals surface area contributed by atoms with Crippen molar-refractivity contribution < 1.29 is 19.9 Å². The molecule has 1 atom stereocenters. The lowest BCUT2D eigenvalue weighted by atomic mass is 9.64. The lowest BCUT2D eigenvalue weighted by Gasteiger charge is -2.51. The molecule has 2 heterocycles. The van der Waals surface area contributed by atoms with Gasteiger partial charge in [0.1, 0.15) is 0 Å². The SMILES string of the molecule is COc1cc(N(O)O)cc2c1OC1(C=C2)N(c2ccccc2)c2ccccc2C12CCCCC2. The molecule has 2 spiro atoms. The van der Waals surface area contributed by atoms with E-state index in [0.29, 0.717) is 11.5 Å².